The van der Waals surface area contributed by atoms with Crippen molar-refractivity contribution in [2.75, 3.05) is 45.7 Å². The number of nitrogens with one attached hydrogen (secondary N) is 2. The quantitative estimate of drug-likeness (QED) is 0.302. The number of benzene rings is 1. The fraction of sp³-hybridized carbons (Fsp3) is 0.636. The zero-order valence-electron chi connectivity index (χ0n) is 18.9. The molecular weight excluding hydrogens is 531 g/mol. The van der Waals surface area contributed by atoms with Crippen LogP contribution in [0.2, 0.25) is 0 Å². The van der Waals surface area contributed by atoms with Gasteiger partial charge < -0.3 is 25.2 Å². The van der Waals surface area contributed by atoms with E-state index in [-0.39, 0.29) is 47.1 Å². The molecule has 1 aromatic rings. The molecule has 1 amide bonds. The Kier molecular flexibility index (Phi) is 9.78. The van der Waals surface area contributed by atoms with Crippen molar-refractivity contribution < 1.29 is 18.3 Å². The van der Waals surface area contributed by atoms with Gasteiger partial charge in [-0.25, -0.2) is 0 Å². The van der Waals surface area contributed by atoms with E-state index in [0.29, 0.717) is 24.7 Å². The van der Waals surface area contributed by atoms with Crippen LogP contribution in [0.3, 0.4) is 0 Å². The number of anilines is 1. The minimum absolute atomic E-state index is 0. The maximum absolute atomic E-state index is 12.8. The van der Waals surface area contributed by atoms with E-state index in [1.165, 1.54) is 0 Å². The van der Waals surface area contributed by atoms with Gasteiger partial charge in [0.1, 0.15) is 5.75 Å². The lowest BCUT2D eigenvalue weighted by molar-refractivity contribution is -0.138. The van der Waals surface area contributed by atoms with Crippen molar-refractivity contribution >= 4 is 41.5 Å². The molecule has 180 valence electrons. The first-order valence-electron chi connectivity index (χ1n) is 10.8. The van der Waals surface area contributed by atoms with E-state index in [9.17, 15) is 13.6 Å². The van der Waals surface area contributed by atoms with Gasteiger partial charge in [-0.1, -0.05) is 25.0 Å². The van der Waals surface area contributed by atoms with Crippen LogP contribution in [0.15, 0.2) is 29.3 Å². The van der Waals surface area contributed by atoms with Crippen LogP contribution in [0, 0.1) is 5.41 Å². The lowest BCUT2D eigenvalue weighted by Crippen LogP contribution is -2.51. The van der Waals surface area contributed by atoms with Gasteiger partial charge in [-0.15, -0.1) is 24.0 Å². The topological polar surface area (TPSA) is 69.2 Å². The Morgan fingerprint density at radius 3 is 2.62 bits per heavy atom. The number of para-hydroxylation sites is 2. The summed E-state index contributed by atoms with van der Waals surface area (Å²) < 4.78 is 30.1. The standard InChI is InChI=1S/C22H33F2N5O2.HI/c1-25-21(26-15-22(11-6-7-12-22)19(30)28(2)3)27-16-10-13-29(14-16)17-8-4-5-9-18(17)31-20(23)24;/h4-5,8-9,16,20H,6-7,10-15H2,1-3H3,(H2,25,26,27);1H. The monoisotopic (exact) mass is 565 g/mol. The van der Waals surface area contributed by atoms with Gasteiger partial charge >= 0.3 is 6.61 Å². The summed E-state index contributed by atoms with van der Waals surface area (Å²) in [4.78, 5) is 20.8. The predicted molar refractivity (Wildman–Crippen MR) is 133 cm³/mol. The van der Waals surface area contributed by atoms with Gasteiger partial charge in [0.25, 0.3) is 0 Å². The number of halogens is 3. The summed E-state index contributed by atoms with van der Waals surface area (Å²) in [5.74, 6) is 1.00. The van der Waals surface area contributed by atoms with E-state index in [1.807, 2.05) is 11.0 Å². The van der Waals surface area contributed by atoms with Gasteiger partial charge in [-0.05, 0) is 31.4 Å². The molecule has 7 nitrogen and oxygen atoms in total. The third-order valence-corrected chi connectivity index (χ3v) is 6.19. The second kappa shape index (κ2) is 11.9. The second-order valence-corrected chi connectivity index (χ2v) is 8.53. The first-order chi connectivity index (χ1) is 14.8. The average molecular weight is 565 g/mol. The van der Waals surface area contributed by atoms with E-state index in [0.717, 1.165) is 38.6 Å². The molecule has 1 aliphatic heterocycles. The van der Waals surface area contributed by atoms with Crippen LogP contribution in [-0.2, 0) is 4.79 Å². The SMILES string of the molecule is CN=C(NCC1(C(=O)N(C)C)CCCC1)NC1CCN(c2ccccc2OC(F)F)C1.I. The smallest absolute Gasteiger partial charge is 0.387 e. The summed E-state index contributed by atoms with van der Waals surface area (Å²) in [7, 11) is 5.32. The maximum Gasteiger partial charge on any atom is 0.387 e. The van der Waals surface area contributed by atoms with Crippen LogP contribution in [0.5, 0.6) is 5.75 Å². The number of hydrogen-bond donors (Lipinski definition) is 2. The van der Waals surface area contributed by atoms with Gasteiger partial charge in [0.15, 0.2) is 5.96 Å². The molecule has 1 unspecified atom stereocenters. The van der Waals surface area contributed by atoms with Crippen molar-refractivity contribution in [2.24, 2.45) is 10.4 Å². The van der Waals surface area contributed by atoms with Crippen molar-refractivity contribution in [1.82, 2.24) is 15.5 Å². The number of alkyl halides is 2. The minimum atomic E-state index is -2.85. The van der Waals surface area contributed by atoms with E-state index in [1.54, 1.807) is 44.2 Å². The summed E-state index contributed by atoms with van der Waals surface area (Å²) in [5, 5.41) is 6.77. The van der Waals surface area contributed by atoms with E-state index in [4.69, 9.17) is 0 Å². The molecule has 0 bridgehead atoms. The molecule has 1 aromatic carbocycles. The lowest BCUT2D eigenvalue weighted by Gasteiger charge is -2.31. The number of aliphatic imine (C=N–C) groups is 1. The normalized spacial score (nSPS) is 20.1. The molecule has 0 radical (unpaired) electrons. The van der Waals surface area contributed by atoms with Crippen LogP contribution in [0.4, 0.5) is 14.5 Å². The molecule has 2 N–H and O–H groups in total. The molecule has 32 heavy (non-hydrogen) atoms. The Hall–Kier alpha value is -1.85. The number of guanidine groups is 1. The number of nitrogens with zero attached hydrogens (tertiary/aromatic N) is 3. The number of carbonyl (C=O) groups excluding carboxylic acids is 1. The van der Waals surface area contributed by atoms with Crippen LogP contribution in [-0.4, -0.2) is 70.2 Å². The number of amides is 1. The lowest BCUT2D eigenvalue weighted by atomic mass is 9.84. The molecule has 10 heteroatoms. The van der Waals surface area contributed by atoms with Crippen molar-refractivity contribution in [2.45, 2.75) is 44.8 Å². The van der Waals surface area contributed by atoms with Crippen LogP contribution in [0.1, 0.15) is 32.1 Å². The van der Waals surface area contributed by atoms with Gasteiger partial charge in [-0.2, -0.15) is 8.78 Å². The Balaban J connectivity index is 0.00000363. The highest BCUT2D eigenvalue weighted by Crippen LogP contribution is 2.39. The highest BCUT2D eigenvalue weighted by molar-refractivity contribution is 14.0. The summed E-state index contributed by atoms with van der Waals surface area (Å²) in [6.45, 7) is -0.938. The third-order valence-electron chi connectivity index (χ3n) is 6.19. The molecule has 3 rings (SSSR count). The van der Waals surface area contributed by atoms with Gasteiger partial charge in [0.2, 0.25) is 5.91 Å². The first kappa shape index (κ1) is 26.4. The van der Waals surface area contributed by atoms with E-state index in [2.05, 4.69) is 20.4 Å². The largest absolute Gasteiger partial charge is 0.433 e. The van der Waals surface area contributed by atoms with Crippen molar-refractivity contribution in [3.8, 4) is 5.75 Å². The van der Waals surface area contributed by atoms with Gasteiger partial charge in [0, 0.05) is 46.8 Å². The highest BCUT2D eigenvalue weighted by Gasteiger charge is 2.42. The predicted octanol–water partition coefficient (Wildman–Crippen LogP) is 3.30. The summed E-state index contributed by atoms with van der Waals surface area (Å²) in [5.41, 5.74) is 0.283. The Morgan fingerprint density at radius 2 is 2.00 bits per heavy atom. The maximum atomic E-state index is 12.8. The molecule has 0 spiro atoms. The summed E-state index contributed by atoms with van der Waals surface area (Å²) >= 11 is 0. The van der Waals surface area contributed by atoms with E-state index < -0.39 is 6.61 Å². The van der Waals surface area contributed by atoms with Crippen LogP contribution >= 0.6 is 24.0 Å². The van der Waals surface area contributed by atoms with Crippen molar-refractivity contribution in [3.63, 3.8) is 0 Å². The third kappa shape index (κ3) is 6.35. The molecule has 2 fully saturated rings. The second-order valence-electron chi connectivity index (χ2n) is 8.53. The minimum Gasteiger partial charge on any atom is -0.433 e. The van der Waals surface area contributed by atoms with Gasteiger partial charge in [-0.3, -0.25) is 9.79 Å². The zero-order chi connectivity index (χ0) is 22.4. The Bertz CT molecular complexity index is 787. The number of ether oxygens (including phenoxy) is 1. The van der Waals surface area contributed by atoms with Crippen LogP contribution < -0.4 is 20.3 Å². The Morgan fingerprint density at radius 1 is 1.31 bits per heavy atom. The summed E-state index contributed by atoms with van der Waals surface area (Å²) in [6, 6.07) is 6.97. The van der Waals surface area contributed by atoms with Crippen molar-refractivity contribution in [1.29, 1.82) is 0 Å². The number of rotatable bonds is 7. The molecule has 2 aliphatic rings. The van der Waals surface area contributed by atoms with Crippen molar-refractivity contribution in [3.05, 3.63) is 24.3 Å². The number of carbonyl (C=O) groups is 1. The fourth-order valence-electron chi connectivity index (χ4n) is 4.64. The molecule has 1 atom stereocenters. The molecule has 1 saturated carbocycles. The molecule has 1 aliphatic carbocycles. The fourth-order valence-corrected chi connectivity index (χ4v) is 4.64. The number of hydrogen-bond acceptors (Lipinski definition) is 4. The van der Waals surface area contributed by atoms with Crippen LogP contribution in [0.25, 0.3) is 0 Å². The van der Waals surface area contributed by atoms with Gasteiger partial charge in [0.05, 0.1) is 11.1 Å². The van der Waals surface area contributed by atoms with E-state index >= 15 is 0 Å². The summed E-state index contributed by atoms with van der Waals surface area (Å²) in [6.07, 6.45) is 4.72. The Labute approximate surface area is 206 Å². The molecule has 0 aromatic heterocycles. The molecule has 1 saturated heterocycles. The molecular formula is C22H34F2IN5O2. The highest BCUT2D eigenvalue weighted by atomic mass is 127. The first-order valence-corrected chi connectivity index (χ1v) is 10.8. The average Bonchev–Trinajstić information content (AvgIpc) is 3.41. The zero-order valence-corrected chi connectivity index (χ0v) is 21.3. The molecule has 1 heterocycles.